The molecule has 0 radical (unpaired) electrons. The van der Waals surface area contributed by atoms with Crippen molar-refractivity contribution in [1.29, 1.82) is 0 Å². The highest BCUT2D eigenvalue weighted by atomic mass is 16.6. The van der Waals surface area contributed by atoms with Crippen LogP contribution in [0.5, 0.6) is 23.0 Å². The molecule has 0 aliphatic heterocycles. The largest absolute Gasteiger partial charge is 0.493 e. The molecular weight excluding hydrogens is 1330 g/mol. The molecule has 8 aromatic rings. The van der Waals surface area contributed by atoms with E-state index in [1.165, 1.54) is 121 Å². The van der Waals surface area contributed by atoms with Crippen molar-refractivity contribution >= 4 is 93.4 Å². The number of carbonyl (C=O) groups excluding carboxylic acids is 4. The van der Waals surface area contributed by atoms with E-state index in [1.807, 2.05) is 48.5 Å². The number of benzene rings is 8. The number of nitro groups is 4. The van der Waals surface area contributed by atoms with Crippen LogP contribution in [0, 0.1) is 40.5 Å². The molecule has 0 saturated heterocycles. The van der Waals surface area contributed by atoms with Gasteiger partial charge in [0, 0.05) is 121 Å². The molecule has 9 rings (SSSR count). The summed E-state index contributed by atoms with van der Waals surface area (Å²) in [6, 6.07) is 37.4. The minimum absolute atomic E-state index is 0.145. The number of unbranched alkanes of at least 4 members (excludes halogenated alkanes) is 4. The average molecular weight is 1410 g/mol. The van der Waals surface area contributed by atoms with Gasteiger partial charge in [0.1, 0.15) is 23.0 Å². The van der Waals surface area contributed by atoms with Gasteiger partial charge >= 0.3 is 0 Å². The Labute approximate surface area is 601 Å². The lowest BCUT2D eigenvalue weighted by Crippen LogP contribution is -2.12. The molecular formula is C80H80N8O16. The Hall–Kier alpha value is -12.6. The van der Waals surface area contributed by atoms with Crippen molar-refractivity contribution in [2.75, 3.05) is 47.7 Å². The maximum Gasteiger partial charge on any atom is 0.269 e. The fourth-order valence-electron chi connectivity index (χ4n) is 11.5. The van der Waals surface area contributed by atoms with Crippen LogP contribution in [0.2, 0.25) is 0 Å². The van der Waals surface area contributed by atoms with Gasteiger partial charge in [-0.25, -0.2) is 0 Å². The Balaban J connectivity index is 1.31. The highest BCUT2D eigenvalue weighted by Gasteiger charge is 2.25. The molecule has 4 amide bonds. The van der Waals surface area contributed by atoms with Crippen LogP contribution in [0.4, 0.5) is 45.5 Å². The van der Waals surface area contributed by atoms with E-state index >= 15 is 0 Å². The van der Waals surface area contributed by atoms with Gasteiger partial charge in [0.15, 0.2) is 0 Å². The molecule has 4 N–H and O–H groups in total. The molecule has 1 aliphatic rings. The molecule has 0 atom stereocenters. The smallest absolute Gasteiger partial charge is 0.269 e. The first-order valence-electron chi connectivity index (χ1n) is 34.3. The van der Waals surface area contributed by atoms with Crippen LogP contribution >= 0.6 is 0 Å². The molecule has 24 heteroatoms. The van der Waals surface area contributed by atoms with E-state index in [0.717, 1.165) is 25.7 Å². The Kier molecular flexibility index (Phi) is 27.0. The monoisotopic (exact) mass is 1410 g/mol. The van der Waals surface area contributed by atoms with Crippen molar-refractivity contribution in [3.05, 3.63) is 277 Å². The number of fused-ring (bicyclic) bond motifs is 8. The first-order valence-corrected chi connectivity index (χ1v) is 34.3. The van der Waals surface area contributed by atoms with E-state index in [4.69, 9.17) is 18.9 Å². The molecule has 0 saturated carbocycles. The molecule has 104 heavy (non-hydrogen) atoms. The number of non-ortho nitro benzene ring substituents is 4. The molecule has 8 bridgehead atoms. The van der Waals surface area contributed by atoms with E-state index in [1.54, 1.807) is 24.3 Å². The number of anilines is 4. The first kappa shape index (κ1) is 75.6. The van der Waals surface area contributed by atoms with Crippen LogP contribution in [0.1, 0.15) is 146 Å². The van der Waals surface area contributed by atoms with E-state index in [0.29, 0.717) is 165 Å². The molecule has 0 spiro atoms. The number of carbonyl (C=O) groups is 4. The third-order valence-corrected chi connectivity index (χ3v) is 16.7. The molecule has 0 fully saturated rings. The molecule has 24 nitrogen and oxygen atoms in total. The second-order valence-corrected chi connectivity index (χ2v) is 24.7. The Morgan fingerprint density at radius 1 is 0.317 bits per heavy atom. The topological polar surface area (TPSA) is 326 Å². The summed E-state index contributed by atoms with van der Waals surface area (Å²) in [5, 5.41) is 57.2. The summed E-state index contributed by atoms with van der Waals surface area (Å²) in [5.41, 5.74) is 8.54. The van der Waals surface area contributed by atoms with E-state index in [2.05, 4.69) is 49.0 Å². The zero-order valence-electron chi connectivity index (χ0n) is 58.1. The number of ether oxygens (including phenoxy) is 4. The zero-order valence-corrected chi connectivity index (χ0v) is 58.1. The van der Waals surface area contributed by atoms with Gasteiger partial charge < -0.3 is 40.2 Å². The summed E-state index contributed by atoms with van der Waals surface area (Å²) < 4.78 is 28.0. The lowest BCUT2D eigenvalue weighted by atomic mass is 9.88. The van der Waals surface area contributed by atoms with Crippen molar-refractivity contribution in [1.82, 2.24) is 0 Å². The number of hydrogen-bond acceptors (Lipinski definition) is 16. The highest BCUT2D eigenvalue weighted by Crippen LogP contribution is 2.42. The SMILES string of the molecule is CCCCOc1c2cc(/C=C/C(=O)Nc3ccc([N+](=O)[O-])cc3)cc1Cc1cc(/C=C/C(=O)Nc3ccc([N+](=O)[O-])cc3)cc(c1OCCCC)Cc1cc(/C=C/C(=O)Nc3ccc([N+](=O)[O-])cc3)cc(c1OCCCC)Cc1cc(/C=C/C(=O)Nc3ccc([N+](=O)[O-])cc3)cc(c1OCCCC)C2. The van der Waals surface area contributed by atoms with E-state index in [9.17, 15) is 59.6 Å². The van der Waals surface area contributed by atoms with Crippen molar-refractivity contribution in [2.45, 2.75) is 105 Å². The summed E-state index contributed by atoms with van der Waals surface area (Å²) in [6.07, 6.45) is 18.6. The molecule has 536 valence electrons. The third-order valence-electron chi connectivity index (χ3n) is 16.7. The van der Waals surface area contributed by atoms with Crippen LogP contribution in [-0.4, -0.2) is 69.7 Å². The highest BCUT2D eigenvalue weighted by molar-refractivity contribution is 6.04. The second kappa shape index (κ2) is 37.2. The number of nitrogens with one attached hydrogen (secondary N) is 4. The van der Waals surface area contributed by atoms with E-state index in [-0.39, 0.29) is 48.4 Å². The van der Waals surface area contributed by atoms with Gasteiger partial charge in [-0.3, -0.25) is 59.6 Å². The Bertz CT molecular complexity index is 3910. The number of amides is 4. The minimum Gasteiger partial charge on any atom is -0.493 e. The van der Waals surface area contributed by atoms with Gasteiger partial charge in [-0.1, -0.05) is 53.4 Å². The normalized spacial score (nSPS) is 11.9. The summed E-state index contributed by atoms with van der Waals surface area (Å²) in [5.74, 6) is 0.0728. The van der Waals surface area contributed by atoms with Crippen LogP contribution in [0.25, 0.3) is 24.3 Å². The zero-order chi connectivity index (χ0) is 74.1. The lowest BCUT2D eigenvalue weighted by molar-refractivity contribution is -0.385. The molecule has 1 aliphatic carbocycles. The fourth-order valence-corrected chi connectivity index (χ4v) is 11.5. The van der Waals surface area contributed by atoms with Crippen molar-refractivity contribution in [3.63, 3.8) is 0 Å². The first-order chi connectivity index (χ1) is 50.3. The van der Waals surface area contributed by atoms with Gasteiger partial charge in [-0.15, -0.1) is 0 Å². The van der Waals surface area contributed by atoms with Gasteiger partial charge in [-0.2, -0.15) is 0 Å². The number of rotatable bonds is 32. The summed E-state index contributed by atoms with van der Waals surface area (Å²) in [4.78, 5) is 99.4. The lowest BCUT2D eigenvalue weighted by Gasteiger charge is -2.24. The maximum absolute atomic E-state index is 13.9. The number of hydrogen-bond donors (Lipinski definition) is 4. The van der Waals surface area contributed by atoms with E-state index < -0.39 is 43.3 Å². The third kappa shape index (κ3) is 21.7. The molecule has 0 heterocycles. The second-order valence-electron chi connectivity index (χ2n) is 24.7. The van der Waals surface area contributed by atoms with Gasteiger partial charge in [0.05, 0.1) is 46.1 Å². The fraction of sp³-hybridized carbons (Fsp3) is 0.250. The van der Waals surface area contributed by atoms with Gasteiger partial charge in [-0.05, 0) is 214 Å². The van der Waals surface area contributed by atoms with Crippen molar-refractivity contribution in [3.8, 4) is 23.0 Å². The predicted octanol–water partition coefficient (Wildman–Crippen LogP) is 17.3. The standard InChI is InChI=1S/C80H80N8O16/c1-5-9-37-101-77-57-41-53(13-33-73(89)81-65-17-25-69(26-18-65)85(93)94)42-58(77)50-60-44-55(15-35-75(91)83-67-21-29-71(30-22-67)87(97)98)46-62(79(60)103-39-11-7-3)52-64-48-56(16-36-76(92)84-68-23-31-72(32-24-68)88(99)100)47-63(80(64)104-40-12-8-4)51-61-45-54(43-59(49-57)78(61)102-38-10-6-2)14-34-74(90)82-66-19-27-70(28-20-66)86(95)96/h13-36,41-48H,5-12,37-40,49-52H2,1-4H3,(H,81,89)(H,82,90)(H,83,91)(H,84,92)/b33-13+,34-14+,35-15+,36-16+. The number of nitro benzene ring substituents is 4. The minimum atomic E-state index is -0.530. The van der Waals surface area contributed by atoms with Crippen LogP contribution in [-0.2, 0) is 44.9 Å². The van der Waals surface area contributed by atoms with Crippen molar-refractivity contribution < 1.29 is 57.8 Å². The van der Waals surface area contributed by atoms with Gasteiger partial charge in [0.2, 0.25) is 23.6 Å². The number of nitrogens with zero attached hydrogens (tertiary/aromatic N) is 4. The predicted molar refractivity (Wildman–Crippen MR) is 402 cm³/mol. The summed E-state index contributed by atoms with van der Waals surface area (Å²) in [7, 11) is 0. The molecule has 0 aromatic heterocycles. The Morgan fingerprint density at radius 2 is 0.490 bits per heavy atom. The summed E-state index contributed by atoms with van der Waals surface area (Å²) in [6.45, 7) is 9.46. The Morgan fingerprint density at radius 3 is 0.644 bits per heavy atom. The van der Waals surface area contributed by atoms with Crippen LogP contribution in [0.3, 0.4) is 0 Å². The molecule has 0 unspecified atom stereocenters. The quantitative estimate of drug-likeness (QED) is 0.0132. The van der Waals surface area contributed by atoms with Crippen LogP contribution < -0.4 is 40.2 Å². The van der Waals surface area contributed by atoms with Crippen LogP contribution in [0.15, 0.2) is 170 Å². The van der Waals surface area contributed by atoms with Crippen molar-refractivity contribution in [2.24, 2.45) is 0 Å². The maximum atomic E-state index is 13.9. The van der Waals surface area contributed by atoms with Gasteiger partial charge in [0.25, 0.3) is 22.7 Å². The average Bonchev–Trinajstić information content (AvgIpc) is 0.773. The molecule has 8 aromatic carbocycles. The summed E-state index contributed by atoms with van der Waals surface area (Å²) >= 11 is 0.